The second kappa shape index (κ2) is 10.5. The maximum absolute atomic E-state index is 13.3. The molecule has 3 rings (SSSR count). The summed E-state index contributed by atoms with van der Waals surface area (Å²) in [6.07, 6.45) is 1.25. The molecule has 0 unspecified atom stereocenters. The van der Waals surface area contributed by atoms with Crippen LogP contribution in [-0.4, -0.2) is 40.2 Å². The van der Waals surface area contributed by atoms with Gasteiger partial charge in [-0.05, 0) is 65.2 Å². The fraction of sp³-hybridized carbons (Fsp3) is 0.304. The summed E-state index contributed by atoms with van der Waals surface area (Å²) in [5.74, 6) is 0.0718. The van der Waals surface area contributed by atoms with Crippen LogP contribution in [0.5, 0.6) is 11.5 Å². The predicted molar refractivity (Wildman–Crippen MR) is 134 cm³/mol. The minimum absolute atomic E-state index is 0.0115. The molecule has 0 fully saturated rings. The molecule has 0 saturated heterocycles. The van der Waals surface area contributed by atoms with Crippen molar-refractivity contribution in [3.63, 3.8) is 0 Å². The summed E-state index contributed by atoms with van der Waals surface area (Å²) in [5, 5.41) is 14.0. The summed E-state index contributed by atoms with van der Waals surface area (Å²) in [5.41, 5.74) is 0.961. The van der Waals surface area contributed by atoms with E-state index in [9.17, 15) is 9.59 Å². The summed E-state index contributed by atoms with van der Waals surface area (Å²) in [7, 11) is 1.46. The van der Waals surface area contributed by atoms with Gasteiger partial charge < -0.3 is 14.6 Å². The number of methoxy groups -OCH3 is 1. The van der Waals surface area contributed by atoms with E-state index in [1.807, 2.05) is 19.9 Å². The van der Waals surface area contributed by atoms with Crippen LogP contribution in [0.25, 0.3) is 10.9 Å². The lowest BCUT2D eigenvalue weighted by Gasteiger charge is -2.16. The molecule has 174 valence electrons. The van der Waals surface area contributed by atoms with Gasteiger partial charge in [0, 0.05) is 10.4 Å². The fourth-order valence-corrected chi connectivity index (χ4v) is 3.97. The van der Waals surface area contributed by atoms with Crippen molar-refractivity contribution < 1.29 is 19.4 Å². The second-order valence-corrected chi connectivity index (χ2v) is 9.20. The minimum Gasteiger partial charge on any atom is -0.493 e. The molecule has 0 aliphatic carbocycles. The topological polar surface area (TPSA) is 103 Å². The normalized spacial score (nSPS) is 13.3. The van der Waals surface area contributed by atoms with Crippen LogP contribution in [0.3, 0.4) is 0 Å². The van der Waals surface area contributed by atoms with Crippen LogP contribution in [0, 0.1) is 0 Å². The molecule has 1 heterocycles. The van der Waals surface area contributed by atoms with Gasteiger partial charge in [-0.3, -0.25) is 4.79 Å². The molecule has 10 heteroatoms. The number of hydrogen-bond acceptors (Lipinski definition) is 6. The number of carboxylic acids is 1. The Morgan fingerprint density at radius 3 is 2.64 bits per heavy atom. The zero-order valence-corrected chi connectivity index (χ0v) is 21.7. The van der Waals surface area contributed by atoms with E-state index in [4.69, 9.17) is 19.6 Å². The molecule has 0 aliphatic heterocycles. The third kappa shape index (κ3) is 5.44. The zero-order valence-electron chi connectivity index (χ0n) is 18.5. The maximum atomic E-state index is 13.3. The monoisotopic (exact) mass is 579 g/mol. The number of halogens is 2. The van der Waals surface area contributed by atoms with E-state index in [1.165, 1.54) is 24.9 Å². The Labute approximate surface area is 207 Å². The molecule has 0 saturated carbocycles. The number of rotatable bonds is 8. The summed E-state index contributed by atoms with van der Waals surface area (Å²) in [6.45, 7) is 5.45. The molecule has 2 aromatic carbocycles. The fourth-order valence-electron chi connectivity index (χ4n) is 3.06. The molecule has 0 aliphatic rings. The lowest BCUT2D eigenvalue weighted by atomic mass is 10.1. The van der Waals surface area contributed by atoms with Gasteiger partial charge in [0.2, 0.25) is 0 Å². The van der Waals surface area contributed by atoms with Crippen LogP contribution < -0.4 is 15.0 Å². The first kappa shape index (κ1) is 24.9. The number of benzene rings is 2. The van der Waals surface area contributed by atoms with E-state index in [2.05, 4.69) is 37.0 Å². The molecular formula is C23H23Br2N3O5. The molecule has 3 aromatic rings. The number of nitrogens with zero attached hydrogens (tertiary/aromatic N) is 3. The zero-order chi connectivity index (χ0) is 24.3. The van der Waals surface area contributed by atoms with Crippen molar-refractivity contribution in [3.8, 4) is 11.5 Å². The SMILES string of the molecule is CC[C@H](C)c1nc2ccc(Br)cc2c(=O)n1N=Cc1cc(Br)c(O[C@H](C)C(=O)O)c(OC)c1. The lowest BCUT2D eigenvalue weighted by molar-refractivity contribution is -0.144. The quantitative estimate of drug-likeness (QED) is 0.368. The summed E-state index contributed by atoms with van der Waals surface area (Å²) < 4.78 is 13.5. The second-order valence-electron chi connectivity index (χ2n) is 7.43. The molecule has 2 atom stereocenters. The van der Waals surface area contributed by atoms with E-state index >= 15 is 0 Å². The first-order chi connectivity index (χ1) is 15.7. The largest absolute Gasteiger partial charge is 0.493 e. The highest BCUT2D eigenvalue weighted by Crippen LogP contribution is 2.37. The minimum atomic E-state index is -1.10. The van der Waals surface area contributed by atoms with Crippen LogP contribution >= 0.6 is 31.9 Å². The first-order valence-electron chi connectivity index (χ1n) is 10.2. The molecule has 0 amide bonds. The number of carbonyl (C=O) groups is 1. The van der Waals surface area contributed by atoms with Crippen LogP contribution in [0.4, 0.5) is 0 Å². The van der Waals surface area contributed by atoms with E-state index in [0.717, 1.165) is 10.9 Å². The van der Waals surface area contributed by atoms with Crippen molar-refractivity contribution >= 4 is 54.9 Å². The van der Waals surface area contributed by atoms with Crippen molar-refractivity contribution in [2.45, 2.75) is 39.2 Å². The van der Waals surface area contributed by atoms with Gasteiger partial charge >= 0.3 is 5.97 Å². The molecule has 0 radical (unpaired) electrons. The number of carboxylic acid groups (broad SMARTS) is 1. The predicted octanol–water partition coefficient (Wildman–Crippen LogP) is 5.18. The molecule has 1 aromatic heterocycles. The van der Waals surface area contributed by atoms with Crippen LogP contribution in [-0.2, 0) is 4.79 Å². The van der Waals surface area contributed by atoms with E-state index in [0.29, 0.717) is 32.5 Å². The molecule has 0 bridgehead atoms. The third-order valence-electron chi connectivity index (χ3n) is 5.10. The standard InChI is InChI=1S/C23H23Br2N3O5/c1-5-12(2)21-27-18-7-6-15(24)10-16(18)22(29)28(21)26-11-14-8-17(25)20(19(9-14)32-4)33-13(3)23(30)31/h6-13H,5H2,1-4H3,(H,30,31)/t12-,13+/m0/s1. The van der Waals surface area contributed by atoms with Gasteiger partial charge in [0.05, 0.1) is 28.7 Å². The number of aliphatic carboxylic acids is 1. The van der Waals surface area contributed by atoms with Gasteiger partial charge in [-0.2, -0.15) is 9.78 Å². The Morgan fingerprint density at radius 2 is 2.00 bits per heavy atom. The summed E-state index contributed by atoms with van der Waals surface area (Å²) in [4.78, 5) is 29.1. The Morgan fingerprint density at radius 1 is 1.27 bits per heavy atom. The maximum Gasteiger partial charge on any atom is 0.344 e. The average molecular weight is 581 g/mol. The molecule has 8 nitrogen and oxygen atoms in total. The summed E-state index contributed by atoms with van der Waals surface area (Å²) >= 11 is 6.80. The van der Waals surface area contributed by atoms with E-state index < -0.39 is 12.1 Å². The Hall–Kier alpha value is -2.72. The number of fused-ring (bicyclic) bond motifs is 1. The highest BCUT2D eigenvalue weighted by atomic mass is 79.9. The van der Waals surface area contributed by atoms with Gasteiger partial charge in [0.25, 0.3) is 5.56 Å². The van der Waals surface area contributed by atoms with Crippen molar-refractivity contribution in [3.05, 3.63) is 61.0 Å². The highest BCUT2D eigenvalue weighted by molar-refractivity contribution is 9.10. The van der Waals surface area contributed by atoms with Crippen molar-refractivity contribution in [1.82, 2.24) is 9.66 Å². The van der Waals surface area contributed by atoms with Gasteiger partial charge in [-0.1, -0.05) is 29.8 Å². The molecule has 1 N–H and O–H groups in total. The highest BCUT2D eigenvalue weighted by Gasteiger charge is 2.19. The van der Waals surface area contributed by atoms with Crippen molar-refractivity contribution in [2.24, 2.45) is 5.10 Å². The van der Waals surface area contributed by atoms with Gasteiger partial charge in [0.15, 0.2) is 17.6 Å². The van der Waals surface area contributed by atoms with Gasteiger partial charge in [0.1, 0.15) is 5.82 Å². The van der Waals surface area contributed by atoms with Crippen LogP contribution in [0.1, 0.15) is 44.5 Å². The smallest absolute Gasteiger partial charge is 0.344 e. The van der Waals surface area contributed by atoms with Gasteiger partial charge in [-0.15, -0.1) is 0 Å². The average Bonchev–Trinajstić information content (AvgIpc) is 2.79. The van der Waals surface area contributed by atoms with Crippen LogP contribution in [0.2, 0.25) is 0 Å². The first-order valence-corrected chi connectivity index (χ1v) is 11.8. The summed E-state index contributed by atoms with van der Waals surface area (Å²) in [6, 6.07) is 8.74. The van der Waals surface area contributed by atoms with Crippen LogP contribution in [0.15, 0.2) is 49.2 Å². The number of aromatic nitrogens is 2. The van der Waals surface area contributed by atoms with Gasteiger partial charge in [-0.25, -0.2) is 9.78 Å². The molecular weight excluding hydrogens is 558 g/mol. The van der Waals surface area contributed by atoms with Crippen molar-refractivity contribution in [1.29, 1.82) is 0 Å². The number of ether oxygens (including phenoxy) is 2. The van der Waals surface area contributed by atoms with E-state index in [-0.39, 0.29) is 17.2 Å². The number of hydrogen-bond donors (Lipinski definition) is 1. The lowest BCUT2D eigenvalue weighted by Crippen LogP contribution is -2.24. The Kier molecular flexibility index (Phi) is 7.91. The molecule has 0 spiro atoms. The van der Waals surface area contributed by atoms with Crippen molar-refractivity contribution in [2.75, 3.05) is 7.11 Å². The Balaban J connectivity index is 2.10. The molecule has 33 heavy (non-hydrogen) atoms. The third-order valence-corrected chi connectivity index (χ3v) is 6.19. The van der Waals surface area contributed by atoms with E-state index in [1.54, 1.807) is 24.3 Å². The Bertz CT molecular complexity index is 1290.